The summed E-state index contributed by atoms with van der Waals surface area (Å²) in [4.78, 5) is 16.6. The first-order chi connectivity index (χ1) is 12.4. The number of benzene rings is 2. The largest absolute Gasteiger partial charge is 0.289 e. The number of rotatable bonds is 5. The van der Waals surface area contributed by atoms with Crippen LogP contribution in [0.15, 0.2) is 57.9 Å². The van der Waals surface area contributed by atoms with Gasteiger partial charge in [-0.1, -0.05) is 34.1 Å². The van der Waals surface area contributed by atoms with Crippen LogP contribution in [0.2, 0.25) is 0 Å². The number of hydrogen-bond donors (Lipinski definition) is 3. The maximum absolute atomic E-state index is 12.4. The van der Waals surface area contributed by atoms with Gasteiger partial charge in [-0.05, 0) is 37.4 Å². The lowest BCUT2D eigenvalue weighted by Gasteiger charge is -2.05. The Kier molecular flexibility index (Phi) is 5.16. The fourth-order valence-corrected chi connectivity index (χ4v) is 3.35. The van der Waals surface area contributed by atoms with E-state index >= 15 is 0 Å². The van der Waals surface area contributed by atoms with Gasteiger partial charge in [0.1, 0.15) is 0 Å². The maximum Gasteiger partial charge on any atom is 0.258 e. The van der Waals surface area contributed by atoms with Crippen molar-refractivity contribution in [3.05, 3.63) is 58.6 Å². The lowest BCUT2D eigenvalue weighted by atomic mass is 10.2. The summed E-state index contributed by atoms with van der Waals surface area (Å²) in [7, 11) is -2.33. The van der Waals surface area contributed by atoms with E-state index in [0.717, 1.165) is 10.0 Å². The van der Waals surface area contributed by atoms with Crippen LogP contribution in [0.3, 0.4) is 0 Å². The summed E-state index contributed by atoms with van der Waals surface area (Å²) in [6, 6.07) is 13.1. The van der Waals surface area contributed by atoms with E-state index in [-0.39, 0.29) is 16.4 Å². The van der Waals surface area contributed by atoms with Crippen molar-refractivity contribution < 1.29 is 13.2 Å². The van der Waals surface area contributed by atoms with Crippen molar-refractivity contribution in [2.45, 2.75) is 4.90 Å². The molecular formula is C16H14BrN5O3S. The Morgan fingerprint density at radius 3 is 2.65 bits per heavy atom. The van der Waals surface area contributed by atoms with Gasteiger partial charge in [0.25, 0.3) is 5.91 Å². The molecule has 1 heterocycles. The zero-order valence-corrected chi connectivity index (χ0v) is 15.9. The van der Waals surface area contributed by atoms with Crippen molar-refractivity contribution in [3.8, 4) is 11.4 Å². The van der Waals surface area contributed by atoms with E-state index in [1.807, 2.05) is 24.3 Å². The zero-order chi connectivity index (χ0) is 18.7. The van der Waals surface area contributed by atoms with Gasteiger partial charge in [-0.2, -0.15) is 4.98 Å². The molecule has 3 aromatic rings. The molecule has 8 nitrogen and oxygen atoms in total. The summed E-state index contributed by atoms with van der Waals surface area (Å²) >= 11 is 3.38. The molecule has 0 aliphatic heterocycles. The van der Waals surface area contributed by atoms with E-state index in [4.69, 9.17) is 0 Å². The number of nitrogens with zero attached hydrogens (tertiary/aromatic N) is 2. The standard InChI is InChI=1S/C16H14BrN5O3S/c1-18-26(24,25)13-7-3-5-11(9-13)15(23)20-16-19-14(21-22-16)10-4-2-6-12(17)8-10/h2-9,18H,1H3,(H2,19,20,21,22,23). The highest BCUT2D eigenvalue weighted by Crippen LogP contribution is 2.20. The minimum absolute atomic E-state index is 0.00235. The van der Waals surface area contributed by atoms with Crippen LogP contribution in [0.4, 0.5) is 5.95 Å². The van der Waals surface area contributed by atoms with E-state index in [0.29, 0.717) is 5.82 Å². The summed E-state index contributed by atoms with van der Waals surface area (Å²) < 4.78 is 26.8. The van der Waals surface area contributed by atoms with Gasteiger partial charge in [0, 0.05) is 15.6 Å². The highest BCUT2D eigenvalue weighted by atomic mass is 79.9. The third kappa shape index (κ3) is 3.98. The van der Waals surface area contributed by atoms with Gasteiger partial charge in [0.05, 0.1) is 4.90 Å². The number of H-pyrrole nitrogens is 1. The van der Waals surface area contributed by atoms with E-state index in [2.05, 4.69) is 41.2 Å². The summed E-state index contributed by atoms with van der Waals surface area (Å²) in [5, 5.41) is 9.25. The Morgan fingerprint density at radius 1 is 1.15 bits per heavy atom. The molecule has 0 saturated heterocycles. The highest BCUT2D eigenvalue weighted by molar-refractivity contribution is 9.10. The number of aromatic amines is 1. The van der Waals surface area contributed by atoms with Crippen LogP contribution in [0.25, 0.3) is 11.4 Å². The number of aromatic nitrogens is 3. The molecular weight excluding hydrogens is 422 g/mol. The lowest BCUT2D eigenvalue weighted by molar-refractivity contribution is 0.102. The fourth-order valence-electron chi connectivity index (χ4n) is 2.18. The number of nitrogens with one attached hydrogen (secondary N) is 3. The normalized spacial score (nSPS) is 11.3. The molecule has 10 heteroatoms. The number of carbonyl (C=O) groups is 1. The number of hydrogen-bond acceptors (Lipinski definition) is 5. The van der Waals surface area contributed by atoms with Crippen LogP contribution in [0.1, 0.15) is 10.4 Å². The second-order valence-corrected chi connectivity index (χ2v) is 8.01. The molecule has 3 rings (SSSR count). The SMILES string of the molecule is CNS(=O)(=O)c1cccc(C(=O)Nc2n[nH]c(-c3cccc(Br)c3)n2)c1. The van der Waals surface area contributed by atoms with Crippen LogP contribution in [0.5, 0.6) is 0 Å². The lowest BCUT2D eigenvalue weighted by Crippen LogP contribution is -2.19. The van der Waals surface area contributed by atoms with E-state index in [9.17, 15) is 13.2 Å². The molecule has 0 radical (unpaired) electrons. The Labute approximate surface area is 158 Å². The zero-order valence-electron chi connectivity index (χ0n) is 13.5. The van der Waals surface area contributed by atoms with Crippen molar-refractivity contribution >= 4 is 37.8 Å². The second kappa shape index (κ2) is 7.36. The van der Waals surface area contributed by atoms with Gasteiger partial charge in [0.15, 0.2) is 5.82 Å². The smallest absolute Gasteiger partial charge is 0.258 e. The molecule has 0 unspecified atom stereocenters. The van der Waals surface area contributed by atoms with Crippen LogP contribution in [0, 0.1) is 0 Å². The van der Waals surface area contributed by atoms with Crippen molar-refractivity contribution in [1.82, 2.24) is 19.9 Å². The Hall–Kier alpha value is -2.56. The van der Waals surface area contributed by atoms with Crippen LogP contribution in [-0.2, 0) is 10.0 Å². The Bertz CT molecular complexity index is 1070. The van der Waals surface area contributed by atoms with Gasteiger partial charge < -0.3 is 0 Å². The summed E-state index contributed by atoms with van der Waals surface area (Å²) in [5.74, 6) is 0.0675. The summed E-state index contributed by atoms with van der Waals surface area (Å²) in [5.41, 5.74) is 0.976. The maximum atomic E-state index is 12.4. The quantitative estimate of drug-likeness (QED) is 0.568. The number of amides is 1. The van der Waals surface area contributed by atoms with Crippen molar-refractivity contribution in [1.29, 1.82) is 0 Å². The van der Waals surface area contributed by atoms with Crippen LogP contribution < -0.4 is 10.0 Å². The van der Waals surface area contributed by atoms with Crippen LogP contribution in [-0.4, -0.2) is 36.6 Å². The molecule has 134 valence electrons. The number of sulfonamides is 1. The van der Waals surface area contributed by atoms with Crippen molar-refractivity contribution in [2.24, 2.45) is 0 Å². The van der Waals surface area contributed by atoms with Gasteiger partial charge in [-0.25, -0.2) is 13.1 Å². The molecule has 0 aliphatic carbocycles. The second-order valence-electron chi connectivity index (χ2n) is 5.21. The molecule has 0 aliphatic rings. The van der Waals surface area contributed by atoms with Gasteiger partial charge in [0.2, 0.25) is 16.0 Å². The van der Waals surface area contributed by atoms with Crippen molar-refractivity contribution in [3.63, 3.8) is 0 Å². The average Bonchev–Trinajstić information content (AvgIpc) is 3.10. The van der Waals surface area contributed by atoms with E-state index in [1.54, 1.807) is 0 Å². The summed E-state index contributed by atoms with van der Waals surface area (Å²) in [6.07, 6.45) is 0. The van der Waals surface area contributed by atoms with Crippen LogP contribution >= 0.6 is 15.9 Å². The Balaban J connectivity index is 1.80. The molecule has 0 saturated carbocycles. The Morgan fingerprint density at radius 2 is 1.92 bits per heavy atom. The van der Waals surface area contributed by atoms with Gasteiger partial charge in [-0.3, -0.25) is 15.2 Å². The molecule has 0 spiro atoms. The average molecular weight is 436 g/mol. The predicted molar refractivity (Wildman–Crippen MR) is 100 cm³/mol. The molecule has 1 aromatic heterocycles. The first-order valence-electron chi connectivity index (χ1n) is 7.42. The monoisotopic (exact) mass is 435 g/mol. The highest BCUT2D eigenvalue weighted by Gasteiger charge is 2.15. The molecule has 3 N–H and O–H groups in total. The molecule has 0 atom stereocenters. The molecule has 1 amide bonds. The number of halogens is 1. The third-order valence-electron chi connectivity index (χ3n) is 3.48. The number of carbonyl (C=O) groups excluding carboxylic acids is 1. The molecule has 26 heavy (non-hydrogen) atoms. The van der Waals surface area contributed by atoms with Gasteiger partial charge in [-0.15, -0.1) is 5.10 Å². The first kappa shape index (κ1) is 18.2. The third-order valence-corrected chi connectivity index (χ3v) is 5.39. The van der Waals surface area contributed by atoms with Gasteiger partial charge >= 0.3 is 0 Å². The topological polar surface area (TPSA) is 117 Å². The fraction of sp³-hybridized carbons (Fsp3) is 0.0625. The minimum Gasteiger partial charge on any atom is -0.289 e. The van der Waals surface area contributed by atoms with E-state index < -0.39 is 15.9 Å². The first-order valence-corrected chi connectivity index (χ1v) is 9.70. The molecule has 0 bridgehead atoms. The summed E-state index contributed by atoms with van der Waals surface area (Å²) in [6.45, 7) is 0. The van der Waals surface area contributed by atoms with Crippen molar-refractivity contribution in [2.75, 3.05) is 12.4 Å². The minimum atomic E-state index is -3.63. The number of anilines is 1. The van der Waals surface area contributed by atoms with E-state index in [1.165, 1.54) is 31.3 Å². The molecule has 2 aromatic carbocycles. The predicted octanol–water partition coefficient (Wildman–Crippen LogP) is 2.39. The molecule has 0 fully saturated rings.